The second kappa shape index (κ2) is 6.62. The van der Waals surface area contributed by atoms with Crippen molar-refractivity contribution in [1.29, 1.82) is 0 Å². The molecule has 0 saturated carbocycles. The normalized spacial score (nSPS) is 13.2. The molecule has 0 bridgehead atoms. The van der Waals surface area contributed by atoms with Gasteiger partial charge in [0.25, 0.3) is 0 Å². The number of halogens is 4. The zero-order valence-electron chi connectivity index (χ0n) is 11.4. The molecule has 0 aliphatic heterocycles. The summed E-state index contributed by atoms with van der Waals surface area (Å²) < 4.78 is 38.8. The number of benzene rings is 2. The lowest BCUT2D eigenvalue weighted by Gasteiger charge is -2.21. The summed E-state index contributed by atoms with van der Waals surface area (Å²) in [5.41, 5.74) is 1.17. The van der Waals surface area contributed by atoms with E-state index in [1.54, 1.807) is 0 Å². The van der Waals surface area contributed by atoms with Crippen LogP contribution in [0.15, 0.2) is 53.0 Å². The maximum Gasteiger partial charge on any atom is 0.416 e. The molecule has 0 aliphatic carbocycles. The first kappa shape index (κ1) is 16.0. The summed E-state index contributed by atoms with van der Waals surface area (Å²) in [6, 6.07) is 12.8. The second-order valence-electron chi connectivity index (χ2n) is 4.63. The van der Waals surface area contributed by atoms with Crippen molar-refractivity contribution in [3.63, 3.8) is 0 Å². The summed E-state index contributed by atoms with van der Waals surface area (Å²) in [6.45, 7) is 2.68. The van der Waals surface area contributed by atoms with Gasteiger partial charge in [-0.3, -0.25) is 0 Å². The standard InChI is InChI=1S/C16H15BrF3N/c1-2-21-15(13-5-3-4-6-14(13)17)11-7-9-12(10-8-11)16(18,19)20/h3-10,15,21H,2H2,1H3. The van der Waals surface area contributed by atoms with Crippen molar-refractivity contribution in [2.24, 2.45) is 0 Å². The van der Waals surface area contributed by atoms with Gasteiger partial charge in [-0.05, 0) is 35.9 Å². The fourth-order valence-corrected chi connectivity index (χ4v) is 2.70. The van der Waals surface area contributed by atoms with Crippen LogP contribution in [-0.2, 0) is 6.18 Å². The lowest BCUT2D eigenvalue weighted by Crippen LogP contribution is -2.22. The summed E-state index contributed by atoms with van der Waals surface area (Å²) in [5.74, 6) is 0. The average Bonchev–Trinajstić information content (AvgIpc) is 2.45. The molecule has 0 fully saturated rings. The molecule has 5 heteroatoms. The van der Waals surface area contributed by atoms with Crippen LogP contribution in [0.1, 0.15) is 29.7 Å². The molecule has 0 saturated heterocycles. The zero-order valence-corrected chi connectivity index (χ0v) is 13.0. The molecule has 0 spiro atoms. The molecule has 1 nitrogen and oxygen atoms in total. The van der Waals surface area contributed by atoms with Crippen molar-refractivity contribution < 1.29 is 13.2 Å². The Morgan fingerprint density at radius 2 is 1.67 bits per heavy atom. The maximum absolute atomic E-state index is 12.6. The van der Waals surface area contributed by atoms with E-state index in [-0.39, 0.29) is 6.04 Å². The largest absolute Gasteiger partial charge is 0.416 e. The molecular formula is C16H15BrF3N. The highest BCUT2D eigenvalue weighted by atomic mass is 79.9. The Bertz CT molecular complexity index is 593. The first-order valence-electron chi connectivity index (χ1n) is 6.58. The van der Waals surface area contributed by atoms with Gasteiger partial charge in [0.15, 0.2) is 0 Å². The second-order valence-corrected chi connectivity index (χ2v) is 5.49. The van der Waals surface area contributed by atoms with Crippen molar-refractivity contribution in [2.75, 3.05) is 6.54 Å². The van der Waals surface area contributed by atoms with E-state index in [0.29, 0.717) is 6.54 Å². The molecule has 1 unspecified atom stereocenters. The van der Waals surface area contributed by atoms with Crippen molar-refractivity contribution in [1.82, 2.24) is 5.32 Å². The molecule has 1 atom stereocenters. The summed E-state index contributed by atoms with van der Waals surface area (Å²) in [4.78, 5) is 0. The van der Waals surface area contributed by atoms with E-state index in [1.165, 1.54) is 12.1 Å². The SMILES string of the molecule is CCNC(c1ccc(C(F)(F)F)cc1)c1ccccc1Br. The van der Waals surface area contributed by atoms with Crippen molar-refractivity contribution in [3.8, 4) is 0 Å². The topological polar surface area (TPSA) is 12.0 Å². The fourth-order valence-electron chi connectivity index (χ4n) is 2.19. The highest BCUT2D eigenvalue weighted by Crippen LogP contribution is 2.32. The van der Waals surface area contributed by atoms with Gasteiger partial charge in [-0.15, -0.1) is 0 Å². The van der Waals surface area contributed by atoms with Crippen LogP contribution in [0.5, 0.6) is 0 Å². The van der Waals surface area contributed by atoms with Gasteiger partial charge in [-0.1, -0.05) is 53.2 Å². The van der Waals surface area contributed by atoms with Gasteiger partial charge in [-0.2, -0.15) is 13.2 Å². The quantitative estimate of drug-likeness (QED) is 0.796. The molecule has 2 aromatic carbocycles. The molecular weight excluding hydrogens is 343 g/mol. The van der Waals surface area contributed by atoms with Crippen LogP contribution in [0.25, 0.3) is 0 Å². The van der Waals surface area contributed by atoms with E-state index in [9.17, 15) is 13.2 Å². The Balaban J connectivity index is 2.37. The van der Waals surface area contributed by atoms with Gasteiger partial charge in [0.05, 0.1) is 11.6 Å². The van der Waals surface area contributed by atoms with Gasteiger partial charge in [0, 0.05) is 4.47 Å². The summed E-state index contributed by atoms with van der Waals surface area (Å²) >= 11 is 3.49. The number of rotatable bonds is 4. The Labute approximate surface area is 130 Å². The molecule has 2 aromatic rings. The van der Waals surface area contributed by atoms with Crippen LogP contribution < -0.4 is 5.32 Å². The fraction of sp³-hybridized carbons (Fsp3) is 0.250. The van der Waals surface area contributed by atoms with Crippen molar-refractivity contribution in [2.45, 2.75) is 19.1 Å². The molecule has 21 heavy (non-hydrogen) atoms. The molecule has 0 amide bonds. The van der Waals surface area contributed by atoms with E-state index in [0.717, 1.165) is 27.7 Å². The van der Waals surface area contributed by atoms with Gasteiger partial charge in [-0.25, -0.2) is 0 Å². The Kier molecular flexibility index (Phi) is 5.06. The third-order valence-corrected chi connectivity index (χ3v) is 3.92. The summed E-state index contributed by atoms with van der Waals surface area (Å²) in [5, 5.41) is 3.30. The highest BCUT2D eigenvalue weighted by molar-refractivity contribution is 9.10. The monoisotopic (exact) mass is 357 g/mol. The van der Waals surface area contributed by atoms with E-state index in [2.05, 4.69) is 21.2 Å². The van der Waals surface area contributed by atoms with Gasteiger partial charge < -0.3 is 5.32 Å². The predicted molar refractivity (Wildman–Crippen MR) is 81.1 cm³/mol. The molecule has 2 rings (SSSR count). The smallest absolute Gasteiger partial charge is 0.306 e. The molecule has 0 radical (unpaired) electrons. The number of hydrogen-bond donors (Lipinski definition) is 1. The lowest BCUT2D eigenvalue weighted by molar-refractivity contribution is -0.137. The number of nitrogens with one attached hydrogen (secondary N) is 1. The predicted octanol–water partition coefficient (Wildman–Crippen LogP) is 5.17. The Hall–Kier alpha value is -1.33. The van der Waals surface area contributed by atoms with E-state index in [4.69, 9.17) is 0 Å². The summed E-state index contributed by atoms with van der Waals surface area (Å²) in [6.07, 6.45) is -4.31. The Morgan fingerprint density at radius 3 is 2.19 bits per heavy atom. The van der Waals surface area contributed by atoms with Crippen LogP contribution in [-0.4, -0.2) is 6.54 Å². The van der Waals surface area contributed by atoms with E-state index >= 15 is 0 Å². The highest BCUT2D eigenvalue weighted by Gasteiger charge is 2.30. The maximum atomic E-state index is 12.6. The third kappa shape index (κ3) is 3.86. The van der Waals surface area contributed by atoms with Crippen LogP contribution in [0.3, 0.4) is 0 Å². The van der Waals surface area contributed by atoms with Gasteiger partial charge in [0.2, 0.25) is 0 Å². The van der Waals surface area contributed by atoms with Crippen LogP contribution in [0.4, 0.5) is 13.2 Å². The molecule has 0 heterocycles. The van der Waals surface area contributed by atoms with Crippen LogP contribution in [0.2, 0.25) is 0 Å². The van der Waals surface area contributed by atoms with Crippen molar-refractivity contribution in [3.05, 3.63) is 69.7 Å². The Morgan fingerprint density at radius 1 is 1.05 bits per heavy atom. The summed E-state index contributed by atoms with van der Waals surface area (Å²) in [7, 11) is 0. The minimum atomic E-state index is -4.31. The molecule has 1 N–H and O–H groups in total. The van der Waals surface area contributed by atoms with Gasteiger partial charge >= 0.3 is 6.18 Å². The average molecular weight is 358 g/mol. The molecule has 112 valence electrons. The minimum Gasteiger partial charge on any atom is -0.306 e. The number of alkyl halides is 3. The van der Waals surface area contributed by atoms with E-state index < -0.39 is 11.7 Å². The molecule has 0 aromatic heterocycles. The minimum absolute atomic E-state index is 0.146. The van der Waals surface area contributed by atoms with Gasteiger partial charge in [0.1, 0.15) is 0 Å². The first-order valence-corrected chi connectivity index (χ1v) is 7.37. The van der Waals surface area contributed by atoms with Crippen LogP contribution >= 0.6 is 15.9 Å². The lowest BCUT2D eigenvalue weighted by atomic mass is 9.97. The van der Waals surface area contributed by atoms with E-state index in [1.807, 2.05) is 31.2 Å². The zero-order chi connectivity index (χ0) is 15.5. The first-order chi connectivity index (χ1) is 9.93. The van der Waals surface area contributed by atoms with Crippen molar-refractivity contribution >= 4 is 15.9 Å². The number of hydrogen-bond acceptors (Lipinski definition) is 1. The third-order valence-electron chi connectivity index (χ3n) is 3.20. The molecule has 0 aliphatic rings. The van der Waals surface area contributed by atoms with Crippen LogP contribution in [0, 0.1) is 0 Å².